The number of aliphatic hydroxyl groups is 1. The molecule has 0 saturated heterocycles. The molecule has 2 unspecified atom stereocenters. The highest BCUT2D eigenvalue weighted by atomic mass is 16.3. The normalized spacial score (nSPS) is 20.0. The van der Waals surface area contributed by atoms with Gasteiger partial charge in [-0.2, -0.15) is 5.10 Å². The van der Waals surface area contributed by atoms with E-state index in [4.69, 9.17) is 0 Å². The molecule has 19 heavy (non-hydrogen) atoms. The summed E-state index contributed by atoms with van der Waals surface area (Å²) in [6.45, 7) is 2.82. The summed E-state index contributed by atoms with van der Waals surface area (Å²) in [5.74, 6) is 0.0898. The van der Waals surface area contributed by atoms with E-state index in [2.05, 4.69) is 16.1 Å². The van der Waals surface area contributed by atoms with Gasteiger partial charge in [0.1, 0.15) is 6.10 Å². The average Bonchev–Trinajstić information content (AvgIpc) is 2.94. The lowest BCUT2D eigenvalue weighted by Crippen LogP contribution is -2.21. The monoisotopic (exact) mass is 257 g/mol. The van der Waals surface area contributed by atoms with Crippen molar-refractivity contribution in [2.45, 2.75) is 44.8 Å². The molecule has 4 heteroatoms. The molecular weight excluding hydrogens is 238 g/mol. The van der Waals surface area contributed by atoms with Gasteiger partial charge >= 0.3 is 0 Å². The van der Waals surface area contributed by atoms with E-state index in [1.54, 1.807) is 6.20 Å². The number of rotatable bonds is 3. The minimum absolute atomic E-state index is 0.0898. The van der Waals surface area contributed by atoms with Crippen LogP contribution in [0.1, 0.15) is 48.7 Å². The van der Waals surface area contributed by atoms with Crippen LogP contribution >= 0.6 is 0 Å². The van der Waals surface area contributed by atoms with Gasteiger partial charge in [0.05, 0.1) is 5.69 Å². The van der Waals surface area contributed by atoms with Crippen LogP contribution in [0.4, 0.5) is 0 Å². The predicted octanol–water partition coefficient (Wildman–Crippen LogP) is 2.45. The molecule has 0 aromatic carbocycles. The molecule has 1 aliphatic carbocycles. The quantitative estimate of drug-likeness (QED) is 0.919. The third-order valence-electron chi connectivity index (χ3n) is 3.97. The summed E-state index contributed by atoms with van der Waals surface area (Å²) >= 11 is 0. The lowest BCUT2D eigenvalue weighted by molar-refractivity contribution is 0.124. The topological polar surface area (TPSA) is 50.9 Å². The van der Waals surface area contributed by atoms with Crippen LogP contribution in [-0.4, -0.2) is 19.9 Å². The minimum Gasteiger partial charge on any atom is -0.386 e. The molecule has 0 saturated carbocycles. The largest absolute Gasteiger partial charge is 0.386 e. The first kappa shape index (κ1) is 12.4. The van der Waals surface area contributed by atoms with Gasteiger partial charge < -0.3 is 5.11 Å². The number of hydrogen-bond donors (Lipinski definition) is 1. The van der Waals surface area contributed by atoms with Crippen LogP contribution in [0.3, 0.4) is 0 Å². The second kappa shape index (κ2) is 5.13. The van der Waals surface area contributed by atoms with Gasteiger partial charge in [0, 0.05) is 30.6 Å². The number of fused-ring (bicyclic) bond motifs is 1. The van der Waals surface area contributed by atoms with Crippen molar-refractivity contribution >= 4 is 0 Å². The SMILES string of the molecule is CCn1nccc1C(O)C1CCCc2cccnc21. The lowest BCUT2D eigenvalue weighted by atomic mass is 9.82. The Morgan fingerprint density at radius 3 is 3.16 bits per heavy atom. The van der Waals surface area contributed by atoms with Crippen molar-refractivity contribution in [2.75, 3.05) is 0 Å². The average molecular weight is 257 g/mol. The van der Waals surface area contributed by atoms with E-state index in [1.165, 1.54) is 5.56 Å². The fraction of sp³-hybridized carbons (Fsp3) is 0.467. The van der Waals surface area contributed by atoms with Gasteiger partial charge in [-0.1, -0.05) is 6.07 Å². The zero-order valence-electron chi connectivity index (χ0n) is 11.2. The van der Waals surface area contributed by atoms with Crippen LogP contribution in [0, 0.1) is 0 Å². The van der Waals surface area contributed by atoms with Gasteiger partial charge in [-0.25, -0.2) is 0 Å². The number of aliphatic hydroxyl groups excluding tert-OH is 1. The molecule has 2 atom stereocenters. The second-order valence-corrected chi connectivity index (χ2v) is 5.06. The standard InChI is InChI=1S/C15H19N3O/c1-2-18-13(8-10-17-18)15(19)12-7-3-5-11-6-4-9-16-14(11)12/h4,6,8-10,12,15,19H,2-3,5,7H2,1H3. The van der Waals surface area contributed by atoms with Crippen molar-refractivity contribution in [1.82, 2.24) is 14.8 Å². The van der Waals surface area contributed by atoms with Crippen molar-refractivity contribution in [3.8, 4) is 0 Å². The van der Waals surface area contributed by atoms with Crippen molar-refractivity contribution < 1.29 is 5.11 Å². The van der Waals surface area contributed by atoms with Crippen LogP contribution < -0.4 is 0 Å². The summed E-state index contributed by atoms with van der Waals surface area (Å²) in [6.07, 6.45) is 6.22. The Hall–Kier alpha value is -1.68. The van der Waals surface area contributed by atoms with Crippen molar-refractivity contribution in [2.24, 2.45) is 0 Å². The molecule has 0 spiro atoms. The summed E-state index contributed by atoms with van der Waals surface area (Å²) < 4.78 is 1.86. The Morgan fingerprint density at radius 2 is 2.32 bits per heavy atom. The molecule has 1 N–H and O–H groups in total. The van der Waals surface area contributed by atoms with Gasteiger partial charge in [-0.3, -0.25) is 9.67 Å². The van der Waals surface area contributed by atoms with Gasteiger partial charge in [0.25, 0.3) is 0 Å². The maximum absolute atomic E-state index is 10.7. The Balaban J connectivity index is 1.95. The van der Waals surface area contributed by atoms with Crippen LogP contribution in [0.15, 0.2) is 30.6 Å². The van der Waals surface area contributed by atoms with E-state index < -0.39 is 6.10 Å². The molecule has 3 rings (SSSR count). The molecule has 0 fully saturated rings. The molecule has 0 aliphatic heterocycles. The van der Waals surface area contributed by atoms with E-state index in [-0.39, 0.29) is 5.92 Å². The zero-order chi connectivity index (χ0) is 13.2. The third kappa shape index (κ3) is 2.16. The van der Waals surface area contributed by atoms with Crippen LogP contribution in [0.25, 0.3) is 0 Å². The smallest absolute Gasteiger partial charge is 0.104 e. The summed E-state index contributed by atoms with van der Waals surface area (Å²) in [5, 5.41) is 14.9. The van der Waals surface area contributed by atoms with Gasteiger partial charge in [-0.15, -0.1) is 0 Å². The molecule has 0 bridgehead atoms. The van der Waals surface area contributed by atoms with Crippen molar-refractivity contribution in [3.63, 3.8) is 0 Å². The maximum Gasteiger partial charge on any atom is 0.104 e. The number of aryl methyl sites for hydroxylation is 2. The molecular formula is C15H19N3O. The van der Waals surface area contributed by atoms with Gasteiger partial charge in [0.15, 0.2) is 0 Å². The Morgan fingerprint density at radius 1 is 1.42 bits per heavy atom. The van der Waals surface area contributed by atoms with Crippen molar-refractivity contribution in [3.05, 3.63) is 47.5 Å². The van der Waals surface area contributed by atoms with Crippen LogP contribution in [0.2, 0.25) is 0 Å². The molecule has 1 aliphatic rings. The molecule has 0 radical (unpaired) electrons. The zero-order valence-corrected chi connectivity index (χ0v) is 11.2. The van der Waals surface area contributed by atoms with E-state index >= 15 is 0 Å². The summed E-state index contributed by atoms with van der Waals surface area (Å²) in [7, 11) is 0. The summed E-state index contributed by atoms with van der Waals surface area (Å²) in [4.78, 5) is 4.50. The Labute approximate surface area is 113 Å². The Bertz CT molecular complexity index is 564. The molecule has 2 aromatic heterocycles. The van der Waals surface area contributed by atoms with Crippen molar-refractivity contribution in [1.29, 1.82) is 0 Å². The fourth-order valence-electron chi connectivity index (χ4n) is 3.02. The fourth-order valence-corrected chi connectivity index (χ4v) is 3.02. The van der Waals surface area contributed by atoms with E-state index in [9.17, 15) is 5.11 Å². The second-order valence-electron chi connectivity index (χ2n) is 5.06. The molecule has 100 valence electrons. The molecule has 4 nitrogen and oxygen atoms in total. The molecule has 2 heterocycles. The van der Waals surface area contributed by atoms with Crippen LogP contribution in [-0.2, 0) is 13.0 Å². The molecule has 0 amide bonds. The number of hydrogen-bond acceptors (Lipinski definition) is 3. The van der Waals surface area contributed by atoms with Crippen LogP contribution in [0.5, 0.6) is 0 Å². The minimum atomic E-state index is -0.517. The van der Waals surface area contributed by atoms with E-state index in [1.807, 2.05) is 29.9 Å². The van der Waals surface area contributed by atoms with E-state index in [0.29, 0.717) is 0 Å². The first-order chi connectivity index (χ1) is 9.31. The first-order valence-corrected chi connectivity index (χ1v) is 6.94. The van der Waals surface area contributed by atoms with E-state index in [0.717, 1.165) is 37.2 Å². The lowest BCUT2D eigenvalue weighted by Gasteiger charge is -2.28. The number of nitrogens with zero attached hydrogens (tertiary/aromatic N) is 3. The highest BCUT2D eigenvalue weighted by molar-refractivity contribution is 5.28. The van der Waals surface area contributed by atoms with Gasteiger partial charge in [-0.05, 0) is 43.9 Å². The highest BCUT2D eigenvalue weighted by Crippen LogP contribution is 2.38. The third-order valence-corrected chi connectivity index (χ3v) is 3.97. The van der Waals surface area contributed by atoms with Gasteiger partial charge in [0.2, 0.25) is 0 Å². The number of aromatic nitrogens is 3. The summed E-state index contributed by atoms with van der Waals surface area (Å²) in [6, 6.07) is 6.01. The highest BCUT2D eigenvalue weighted by Gasteiger charge is 2.30. The Kier molecular flexibility index (Phi) is 3.34. The molecule has 2 aromatic rings. The maximum atomic E-state index is 10.7. The first-order valence-electron chi connectivity index (χ1n) is 6.94. The predicted molar refractivity (Wildman–Crippen MR) is 72.8 cm³/mol. The summed E-state index contributed by atoms with van der Waals surface area (Å²) in [5.41, 5.74) is 3.23. The number of pyridine rings is 1.